The molecule has 0 saturated carbocycles. The number of likely N-dealkylation sites (tertiary alicyclic amines) is 2. The first kappa shape index (κ1) is 16.9. The van der Waals surface area contributed by atoms with Crippen LogP contribution in [0, 0.1) is 5.92 Å². The van der Waals surface area contributed by atoms with Crippen molar-refractivity contribution in [3.05, 3.63) is 0 Å². The molecule has 2 amide bonds. The monoisotopic (exact) mass is 333 g/mol. The van der Waals surface area contributed by atoms with Gasteiger partial charge in [0.05, 0.1) is 5.92 Å². The molecular weight excluding hydrogens is 307 g/mol. The van der Waals surface area contributed by atoms with Gasteiger partial charge in [0.1, 0.15) is 0 Å². The van der Waals surface area contributed by atoms with Gasteiger partial charge in [0.25, 0.3) is 0 Å². The van der Waals surface area contributed by atoms with E-state index in [2.05, 4.69) is 25.7 Å². The number of hydrogen-bond donors (Lipinski definition) is 0. The van der Waals surface area contributed by atoms with E-state index >= 15 is 0 Å². The molecule has 0 aliphatic carbocycles. The summed E-state index contributed by atoms with van der Waals surface area (Å²) >= 11 is 0. The summed E-state index contributed by atoms with van der Waals surface area (Å²) in [4.78, 5) is 18.3. The molecule has 3 aliphatic heterocycles. The molecule has 2 unspecified atom stereocenters. The van der Waals surface area contributed by atoms with Crippen LogP contribution in [0.2, 0.25) is 0 Å². The number of alkyl halides is 3. The van der Waals surface area contributed by atoms with Gasteiger partial charge in [-0.15, -0.1) is 0 Å². The van der Waals surface area contributed by atoms with Crippen molar-refractivity contribution in [1.82, 2.24) is 14.7 Å². The molecule has 0 aromatic carbocycles. The van der Waals surface area contributed by atoms with Crippen LogP contribution in [-0.2, 0) is 0 Å². The van der Waals surface area contributed by atoms with Crippen LogP contribution in [0.5, 0.6) is 0 Å². The Morgan fingerprint density at radius 2 is 1.48 bits per heavy atom. The van der Waals surface area contributed by atoms with Gasteiger partial charge in [0.2, 0.25) is 0 Å². The molecular formula is C16H26F3N3O. The molecule has 3 fully saturated rings. The number of piperazine rings is 1. The zero-order valence-electron chi connectivity index (χ0n) is 14.1. The lowest BCUT2D eigenvalue weighted by Crippen LogP contribution is -2.69. The largest absolute Gasteiger partial charge is 0.395 e. The van der Waals surface area contributed by atoms with Crippen molar-refractivity contribution in [3.63, 3.8) is 0 Å². The van der Waals surface area contributed by atoms with Gasteiger partial charge in [-0.2, -0.15) is 13.2 Å². The zero-order chi connectivity index (χ0) is 17.0. The quantitative estimate of drug-likeness (QED) is 0.681. The number of carbonyl (C=O) groups is 1. The molecule has 4 nitrogen and oxygen atoms in total. The number of amides is 2. The highest BCUT2D eigenvalue weighted by Crippen LogP contribution is 2.37. The van der Waals surface area contributed by atoms with Gasteiger partial charge in [0.15, 0.2) is 0 Å². The van der Waals surface area contributed by atoms with Gasteiger partial charge in [-0.1, -0.05) is 0 Å². The third kappa shape index (κ3) is 3.16. The van der Waals surface area contributed by atoms with Crippen LogP contribution in [-0.4, -0.2) is 70.7 Å². The molecule has 0 spiro atoms. The highest BCUT2D eigenvalue weighted by Gasteiger charge is 2.51. The Bertz CT molecular complexity index is 454. The van der Waals surface area contributed by atoms with E-state index in [1.807, 2.05) is 4.90 Å². The predicted octanol–water partition coefficient (Wildman–Crippen LogP) is 2.94. The molecule has 3 rings (SSSR count). The third-order valence-electron chi connectivity index (χ3n) is 5.51. The summed E-state index contributed by atoms with van der Waals surface area (Å²) in [6.07, 6.45) is -1.18. The second-order valence-electron chi connectivity index (χ2n) is 8.15. The Hall–Kier alpha value is -0.980. The molecule has 3 aliphatic rings. The molecule has 2 bridgehead atoms. The van der Waals surface area contributed by atoms with E-state index in [-0.39, 0.29) is 36.7 Å². The van der Waals surface area contributed by atoms with E-state index in [9.17, 15) is 18.0 Å². The van der Waals surface area contributed by atoms with Gasteiger partial charge in [-0.05, 0) is 40.0 Å². The first-order valence-electron chi connectivity index (χ1n) is 8.46. The van der Waals surface area contributed by atoms with E-state index < -0.39 is 12.1 Å². The number of piperidine rings is 1. The Labute approximate surface area is 135 Å². The first-order valence-corrected chi connectivity index (χ1v) is 8.46. The number of halogens is 3. The van der Waals surface area contributed by atoms with Crippen LogP contribution in [0.3, 0.4) is 0 Å². The Balaban J connectivity index is 1.66. The number of hydrogen-bond acceptors (Lipinski definition) is 2. The SMILES string of the molecule is CC(C)(C)N1CC2CCCC(C1)N2C(=O)N1CC(C(F)(F)F)C1. The van der Waals surface area contributed by atoms with Gasteiger partial charge in [-0.3, -0.25) is 4.90 Å². The lowest BCUT2D eigenvalue weighted by atomic mass is 9.88. The Morgan fingerprint density at radius 3 is 1.91 bits per heavy atom. The summed E-state index contributed by atoms with van der Waals surface area (Å²) in [5, 5.41) is 0. The number of fused-ring (bicyclic) bond motifs is 2. The molecule has 0 aromatic heterocycles. The Morgan fingerprint density at radius 1 is 0.957 bits per heavy atom. The molecule has 0 radical (unpaired) electrons. The Kier molecular flexibility index (Phi) is 4.06. The van der Waals surface area contributed by atoms with E-state index in [0.29, 0.717) is 0 Å². The van der Waals surface area contributed by atoms with Crippen molar-refractivity contribution in [2.45, 2.75) is 63.8 Å². The fraction of sp³-hybridized carbons (Fsp3) is 0.938. The lowest BCUT2D eigenvalue weighted by Gasteiger charge is -2.55. The summed E-state index contributed by atoms with van der Waals surface area (Å²) in [6, 6.07) is 0.0899. The van der Waals surface area contributed by atoms with E-state index in [1.54, 1.807) is 0 Å². The number of rotatable bonds is 0. The summed E-state index contributed by atoms with van der Waals surface area (Å²) < 4.78 is 37.9. The molecule has 3 heterocycles. The maximum absolute atomic E-state index is 12.7. The topological polar surface area (TPSA) is 26.8 Å². The van der Waals surface area contributed by atoms with Crippen molar-refractivity contribution in [3.8, 4) is 0 Å². The number of nitrogens with zero attached hydrogens (tertiary/aromatic N) is 3. The van der Waals surface area contributed by atoms with Crippen molar-refractivity contribution < 1.29 is 18.0 Å². The minimum absolute atomic E-state index is 0.0567. The van der Waals surface area contributed by atoms with Crippen LogP contribution >= 0.6 is 0 Å². The van der Waals surface area contributed by atoms with Crippen molar-refractivity contribution in [2.75, 3.05) is 26.2 Å². The van der Waals surface area contributed by atoms with Crippen molar-refractivity contribution in [1.29, 1.82) is 0 Å². The molecule has 0 aromatic rings. The second-order valence-corrected chi connectivity index (χ2v) is 8.15. The van der Waals surface area contributed by atoms with Crippen molar-refractivity contribution >= 4 is 6.03 Å². The average molecular weight is 333 g/mol. The lowest BCUT2D eigenvalue weighted by molar-refractivity contribution is -0.203. The highest BCUT2D eigenvalue weighted by molar-refractivity contribution is 5.76. The van der Waals surface area contributed by atoms with Crippen LogP contribution in [0.4, 0.5) is 18.0 Å². The van der Waals surface area contributed by atoms with Crippen LogP contribution in [0.25, 0.3) is 0 Å². The maximum atomic E-state index is 12.7. The molecule has 23 heavy (non-hydrogen) atoms. The summed E-state index contributed by atoms with van der Waals surface area (Å²) in [5.74, 6) is -1.35. The fourth-order valence-electron chi connectivity index (χ4n) is 3.97. The standard InChI is InChI=1S/C16H26F3N3O/c1-15(2,3)21-9-12-5-4-6-13(10-21)22(12)14(23)20-7-11(8-20)16(17,18)19/h11-13H,4-10H2,1-3H3. The predicted molar refractivity (Wildman–Crippen MR) is 81.1 cm³/mol. The minimum Gasteiger partial charge on any atom is -0.323 e. The summed E-state index contributed by atoms with van der Waals surface area (Å²) in [5.41, 5.74) is 0.0567. The molecule has 2 atom stereocenters. The summed E-state index contributed by atoms with van der Waals surface area (Å²) in [6.45, 7) is 7.80. The van der Waals surface area contributed by atoms with E-state index in [0.717, 1.165) is 32.4 Å². The molecule has 3 saturated heterocycles. The minimum atomic E-state index is -4.18. The fourth-order valence-corrected chi connectivity index (χ4v) is 3.97. The smallest absolute Gasteiger partial charge is 0.323 e. The van der Waals surface area contributed by atoms with Gasteiger partial charge >= 0.3 is 12.2 Å². The zero-order valence-corrected chi connectivity index (χ0v) is 14.1. The summed E-state index contributed by atoms with van der Waals surface area (Å²) in [7, 11) is 0. The first-order chi connectivity index (χ1) is 10.6. The molecule has 0 N–H and O–H groups in total. The average Bonchev–Trinajstić information content (AvgIpc) is 2.32. The maximum Gasteiger partial charge on any atom is 0.395 e. The van der Waals surface area contributed by atoms with Crippen LogP contribution in [0.1, 0.15) is 40.0 Å². The van der Waals surface area contributed by atoms with Gasteiger partial charge < -0.3 is 9.80 Å². The molecule has 132 valence electrons. The number of urea groups is 1. The normalized spacial score (nSPS) is 30.3. The number of carbonyl (C=O) groups excluding carboxylic acids is 1. The van der Waals surface area contributed by atoms with E-state index in [4.69, 9.17) is 0 Å². The van der Waals surface area contributed by atoms with E-state index in [1.165, 1.54) is 4.90 Å². The van der Waals surface area contributed by atoms with Crippen LogP contribution in [0.15, 0.2) is 0 Å². The van der Waals surface area contributed by atoms with Crippen LogP contribution < -0.4 is 0 Å². The van der Waals surface area contributed by atoms with Gasteiger partial charge in [0, 0.05) is 43.8 Å². The third-order valence-corrected chi connectivity index (χ3v) is 5.51. The van der Waals surface area contributed by atoms with Crippen molar-refractivity contribution in [2.24, 2.45) is 5.92 Å². The second kappa shape index (κ2) is 5.53. The highest BCUT2D eigenvalue weighted by atomic mass is 19.4. The molecule has 7 heteroatoms. The van der Waals surface area contributed by atoms with Gasteiger partial charge in [-0.25, -0.2) is 4.79 Å².